The number of rotatable bonds is 2. The van der Waals surface area contributed by atoms with Gasteiger partial charge in [-0.2, -0.15) is 10.5 Å². The Balaban J connectivity index is 1.87. The lowest BCUT2D eigenvalue weighted by atomic mass is 9.93. The third kappa shape index (κ3) is 2.61. The minimum atomic E-state index is -0.506. The fourth-order valence-electron chi connectivity index (χ4n) is 3.81. The molecule has 0 amide bonds. The molecule has 0 saturated heterocycles. The highest BCUT2D eigenvalue weighted by atomic mass is 15.2. The van der Waals surface area contributed by atoms with Crippen LogP contribution >= 0.6 is 0 Å². The van der Waals surface area contributed by atoms with E-state index < -0.39 is 6.04 Å². The molecule has 6 N–H and O–H groups in total. The number of nitrogens with one attached hydrogen (secondary N) is 2. The monoisotopic (exact) mass is 373 g/mol. The number of nitrogens with zero attached hydrogens (tertiary/aromatic N) is 5. The number of guanidine groups is 1. The Morgan fingerprint density at radius 3 is 2.89 bits per heavy atom. The van der Waals surface area contributed by atoms with Crippen molar-refractivity contribution >= 4 is 29.0 Å². The molecule has 4 rings (SSSR count). The zero-order valence-electron chi connectivity index (χ0n) is 15.3. The summed E-state index contributed by atoms with van der Waals surface area (Å²) in [7, 11) is 0. The highest BCUT2D eigenvalue weighted by molar-refractivity contribution is 5.98. The minimum Gasteiger partial charge on any atom is -0.397 e. The zero-order chi connectivity index (χ0) is 19.8. The van der Waals surface area contributed by atoms with E-state index in [-0.39, 0.29) is 23.0 Å². The van der Waals surface area contributed by atoms with E-state index in [0.717, 1.165) is 25.1 Å². The smallest absolute Gasteiger partial charge is 0.211 e. The van der Waals surface area contributed by atoms with Crippen LogP contribution in [0.2, 0.25) is 0 Å². The third-order valence-corrected chi connectivity index (χ3v) is 5.15. The van der Waals surface area contributed by atoms with Gasteiger partial charge in [0.2, 0.25) is 5.96 Å². The maximum Gasteiger partial charge on any atom is 0.211 e. The third-order valence-electron chi connectivity index (χ3n) is 5.15. The maximum absolute atomic E-state index is 9.41. The largest absolute Gasteiger partial charge is 0.397 e. The number of nitrogens with two attached hydrogens (primary N) is 2. The number of aromatic nitrogens is 1. The normalized spacial score (nSPS) is 16.9. The summed E-state index contributed by atoms with van der Waals surface area (Å²) < 4.78 is 0. The molecule has 140 valence electrons. The molecule has 0 aliphatic carbocycles. The zero-order valence-corrected chi connectivity index (χ0v) is 15.3. The molecule has 1 unspecified atom stereocenters. The number of fused-ring (bicyclic) bond motifs is 2. The van der Waals surface area contributed by atoms with Crippen molar-refractivity contribution in [2.24, 2.45) is 4.99 Å². The van der Waals surface area contributed by atoms with Crippen molar-refractivity contribution in [3.05, 3.63) is 40.5 Å². The molecule has 0 saturated carbocycles. The molecule has 2 aromatic rings. The average Bonchev–Trinajstić information content (AvgIpc) is 3.10. The van der Waals surface area contributed by atoms with Crippen molar-refractivity contribution in [3.63, 3.8) is 0 Å². The summed E-state index contributed by atoms with van der Waals surface area (Å²) in [5, 5.41) is 23.8. The molecule has 0 spiro atoms. The van der Waals surface area contributed by atoms with Crippen LogP contribution in [0, 0.1) is 22.8 Å². The average molecular weight is 373 g/mol. The predicted molar refractivity (Wildman–Crippen MR) is 107 cm³/mol. The summed E-state index contributed by atoms with van der Waals surface area (Å²) >= 11 is 0. The summed E-state index contributed by atoms with van der Waals surface area (Å²) in [6.45, 7) is 4.08. The number of pyridine rings is 1. The molecule has 9 nitrogen and oxygen atoms in total. The van der Waals surface area contributed by atoms with Gasteiger partial charge in [-0.25, -0.2) is 9.98 Å². The van der Waals surface area contributed by atoms with E-state index in [1.54, 1.807) is 0 Å². The molecule has 0 radical (unpaired) electrons. The molecule has 0 fully saturated rings. The SMILES string of the molecule is CCN1CCc2cc(C3N=C(NC#N)Nc4nc(N)c(C#N)c(N)c43)ccc21. The van der Waals surface area contributed by atoms with Crippen molar-refractivity contribution in [2.75, 3.05) is 34.8 Å². The maximum atomic E-state index is 9.41. The van der Waals surface area contributed by atoms with Crippen LogP contribution in [0.3, 0.4) is 0 Å². The Bertz CT molecular complexity index is 1070. The van der Waals surface area contributed by atoms with E-state index in [9.17, 15) is 5.26 Å². The molecular weight excluding hydrogens is 354 g/mol. The predicted octanol–water partition coefficient (Wildman–Crippen LogP) is 1.44. The Kier molecular flexibility index (Phi) is 4.13. The van der Waals surface area contributed by atoms with Gasteiger partial charge in [-0.3, -0.25) is 5.32 Å². The van der Waals surface area contributed by atoms with Crippen molar-refractivity contribution in [1.82, 2.24) is 10.3 Å². The van der Waals surface area contributed by atoms with Gasteiger partial charge in [0, 0.05) is 24.3 Å². The second-order valence-electron chi connectivity index (χ2n) is 6.62. The number of nitrogen functional groups attached to an aromatic ring is 2. The number of anilines is 4. The molecule has 0 bridgehead atoms. The number of likely N-dealkylation sites (N-methyl/N-ethyl adjacent to an activating group) is 1. The fourth-order valence-corrected chi connectivity index (χ4v) is 3.81. The van der Waals surface area contributed by atoms with Gasteiger partial charge in [-0.15, -0.1) is 0 Å². The van der Waals surface area contributed by atoms with E-state index in [4.69, 9.17) is 16.7 Å². The van der Waals surface area contributed by atoms with Crippen molar-refractivity contribution in [1.29, 1.82) is 10.5 Å². The van der Waals surface area contributed by atoms with Gasteiger partial charge in [-0.05, 0) is 30.5 Å². The van der Waals surface area contributed by atoms with Crippen LogP contribution in [0.15, 0.2) is 23.2 Å². The Morgan fingerprint density at radius 1 is 1.36 bits per heavy atom. The highest BCUT2D eigenvalue weighted by Gasteiger charge is 2.30. The summed E-state index contributed by atoms with van der Waals surface area (Å²) in [6, 6.07) is 7.71. The lowest BCUT2D eigenvalue weighted by molar-refractivity contribution is 0.845. The molecule has 1 atom stereocenters. The summed E-state index contributed by atoms with van der Waals surface area (Å²) in [5.74, 6) is 0.685. The first kappa shape index (κ1) is 17.4. The second-order valence-corrected chi connectivity index (χ2v) is 6.62. The fraction of sp³-hybridized carbons (Fsp3) is 0.263. The van der Waals surface area contributed by atoms with Crippen LogP contribution in [0.4, 0.5) is 23.0 Å². The van der Waals surface area contributed by atoms with Crippen LogP contribution in [-0.4, -0.2) is 24.0 Å². The Morgan fingerprint density at radius 2 is 2.18 bits per heavy atom. The summed E-state index contributed by atoms with van der Waals surface area (Å²) in [5.41, 5.74) is 16.5. The van der Waals surface area contributed by atoms with Crippen LogP contribution < -0.4 is 27.0 Å². The van der Waals surface area contributed by atoms with E-state index in [1.807, 2.05) is 18.3 Å². The van der Waals surface area contributed by atoms with Gasteiger partial charge in [0.15, 0.2) is 6.19 Å². The van der Waals surface area contributed by atoms with E-state index in [0.29, 0.717) is 11.4 Å². The number of hydrogen-bond acceptors (Lipinski definition) is 9. The Labute approximate surface area is 162 Å². The summed E-state index contributed by atoms with van der Waals surface area (Å²) in [4.78, 5) is 11.2. The summed E-state index contributed by atoms with van der Waals surface area (Å²) in [6.07, 6.45) is 2.81. The van der Waals surface area contributed by atoms with Crippen LogP contribution in [-0.2, 0) is 6.42 Å². The quantitative estimate of drug-likeness (QED) is 0.456. The van der Waals surface area contributed by atoms with E-state index in [1.165, 1.54) is 11.3 Å². The van der Waals surface area contributed by atoms with Crippen molar-refractivity contribution in [3.8, 4) is 12.3 Å². The Hall–Kier alpha value is -3.98. The molecule has 3 heterocycles. The van der Waals surface area contributed by atoms with Crippen molar-refractivity contribution in [2.45, 2.75) is 19.4 Å². The van der Waals surface area contributed by atoms with Crippen LogP contribution in [0.5, 0.6) is 0 Å². The van der Waals surface area contributed by atoms with Gasteiger partial charge in [-0.1, -0.05) is 12.1 Å². The van der Waals surface area contributed by atoms with Gasteiger partial charge < -0.3 is 21.7 Å². The highest BCUT2D eigenvalue weighted by Crippen LogP contribution is 2.42. The van der Waals surface area contributed by atoms with E-state index in [2.05, 4.69) is 44.6 Å². The number of benzene rings is 1. The lowest BCUT2D eigenvalue weighted by Crippen LogP contribution is -2.32. The van der Waals surface area contributed by atoms with E-state index >= 15 is 0 Å². The molecule has 28 heavy (non-hydrogen) atoms. The molecule has 9 heteroatoms. The lowest BCUT2D eigenvalue weighted by Gasteiger charge is -2.26. The van der Waals surface area contributed by atoms with Gasteiger partial charge in [0.1, 0.15) is 29.3 Å². The van der Waals surface area contributed by atoms with Gasteiger partial charge in [0.25, 0.3) is 0 Å². The standard InChI is InChI=1S/C19H19N9/c1-2-28-6-5-10-7-11(3-4-13(10)28)16-14-15(22)12(8-20)17(23)26-18(14)27-19(25-16)24-9-21/h3-4,7,16H,2,5-6H2,1H3,(H6,22,23,24,25,26,27). The molecule has 1 aromatic carbocycles. The first-order valence-corrected chi connectivity index (χ1v) is 8.94. The number of aliphatic imine (C=N–C) groups is 1. The first-order chi connectivity index (χ1) is 13.6. The second kappa shape index (κ2) is 6.63. The topological polar surface area (TPSA) is 152 Å². The number of hydrogen-bond donors (Lipinski definition) is 4. The van der Waals surface area contributed by atoms with Crippen LogP contribution in [0.25, 0.3) is 0 Å². The molecule has 2 aliphatic heterocycles. The van der Waals surface area contributed by atoms with Crippen LogP contribution in [0.1, 0.15) is 35.2 Å². The van der Waals surface area contributed by atoms with Gasteiger partial charge >= 0.3 is 0 Å². The van der Waals surface area contributed by atoms with Gasteiger partial charge in [0.05, 0.1) is 5.69 Å². The molecule has 2 aliphatic rings. The minimum absolute atomic E-state index is 0.0377. The molecular formula is C19H19N9. The molecule has 1 aromatic heterocycles. The first-order valence-electron chi connectivity index (χ1n) is 8.94. The number of nitriles is 2. The van der Waals surface area contributed by atoms with Crippen molar-refractivity contribution < 1.29 is 0 Å².